The van der Waals surface area contributed by atoms with Crippen LogP contribution in [-0.4, -0.2) is 29.6 Å². The van der Waals surface area contributed by atoms with Crippen LogP contribution in [-0.2, 0) is 9.59 Å². The van der Waals surface area contributed by atoms with E-state index in [1.165, 1.54) is 12.1 Å². The van der Waals surface area contributed by atoms with Gasteiger partial charge in [0.05, 0.1) is 6.61 Å². The van der Waals surface area contributed by atoms with Crippen LogP contribution in [0.25, 0.3) is 6.08 Å². The van der Waals surface area contributed by atoms with E-state index in [4.69, 9.17) is 4.74 Å². The number of hydrogen-bond acceptors (Lipinski definition) is 5. The van der Waals surface area contributed by atoms with Crippen molar-refractivity contribution < 1.29 is 24.2 Å². The van der Waals surface area contributed by atoms with Crippen molar-refractivity contribution in [3.05, 3.63) is 29.3 Å². The zero-order valence-corrected chi connectivity index (χ0v) is 13.4. The minimum atomic E-state index is -0.863. The molecule has 0 spiro atoms. The Morgan fingerprint density at radius 2 is 1.79 bits per heavy atom. The fourth-order valence-electron chi connectivity index (χ4n) is 2.22. The van der Waals surface area contributed by atoms with Gasteiger partial charge in [-0.15, -0.1) is 0 Å². The van der Waals surface area contributed by atoms with E-state index in [1.54, 1.807) is 12.1 Å². The summed E-state index contributed by atoms with van der Waals surface area (Å²) >= 11 is 0. The maximum atomic E-state index is 11.7. The van der Waals surface area contributed by atoms with Crippen molar-refractivity contribution in [2.24, 2.45) is 0 Å². The third-order valence-corrected chi connectivity index (χ3v) is 3.51. The molecule has 1 aromatic carbocycles. The summed E-state index contributed by atoms with van der Waals surface area (Å²) in [5.74, 6) is -1.22. The molecule has 7 nitrogen and oxygen atoms in total. The Hall–Kier alpha value is -2.83. The van der Waals surface area contributed by atoms with Gasteiger partial charge in [-0.05, 0) is 24.6 Å². The van der Waals surface area contributed by atoms with Crippen LogP contribution < -0.4 is 15.4 Å². The largest absolute Gasteiger partial charge is 0.507 e. The number of ether oxygens (including phenoxy) is 1. The van der Waals surface area contributed by atoms with Crippen molar-refractivity contribution in [2.75, 3.05) is 6.61 Å². The fourth-order valence-corrected chi connectivity index (χ4v) is 2.22. The first-order chi connectivity index (χ1) is 11.5. The van der Waals surface area contributed by atoms with Gasteiger partial charge in [-0.1, -0.05) is 26.2 Å². The van der Waals surface area contributed by atoms with E-state index >= 15 is 0 Å². The molecule has 0 atom stereocenters. The lowest BCUT2D eigenvalue weighted by Crippen LogP contribution is -2.51. The second-order valence-electron chi connectivity index (χ2n) is 5.43. The molecule has 1 fully saturated rings. The van der Waals surface area contributed by atoms with Crippen molar-refractivity contribution in [1.82, 2.24) is 10.6 Å². The number of amides is 4. The lowest BCUT2D eigenvalue weighted by Gasteiger charge is -2.14. The number of rotatable bonds is 7. The standard InChI is InChI=1S/C17H20N2O5/c1-2-3-4-5-8-24-12-7-6-11(14(20)10-12)9-13-15(21)18-17(23)19-16(13)22/h6-7,9-10,20H,2-5,8H2,1H3,(H2,18,19,21,22,23). The Kier molecular flexibility index (Phi) is 5.95. The highest BCUT2D eigenvalue weighted by molar-refractivity contribution is 6.31. The van der Waals surface area contributed by atoms with Crippen molar-refractivity contribution in [3.63, 3.8) is 0 Å². The summed E-state index contributed by atoms with van der Waals surface area (Å²) in [5.41, 5.74) is 0.0288. The number of barbiturate groups is 1. The van der Waals surface area contributed by atoms with Crippen LogP contribution in [0.5, 0.6) is 11.5 Å². The Bertz CT molecular complexity index is 660. The predicted molar refractivity (Wildman–Crippen MR) is 87.4 cm³/mol. The van der Waals surface area contributed by atoms with Gasteiger partial charge in [0, 0.05) is 11.6 Å². The van der Waals surface area contributed by atoms with E-state index in [1.807, 2.05) is 10.6 Å². The van der Waals surface area contributed by atoms with E-state index in [9.17, 15) is 19.5 Å². The highest BCUT2D eigenvalue weighted by atomic mass is 16.5. The van der Waals surface area contributed by atoms with Gasteiger partial charge >= 0.3 is 6.03 Å². The molecule has 4 amide bonds. The number of carbonyl (C=O) groups is 3. The van der Waals surface area contributed by atoms with E-state index in [0.29, 0.717) is 12.4 Å². The Balaban J connectivity index is 2.04. The van der Waals surface area contributed by atoms with Gasteiger partial charge in [0.15, 0.2) is 0 Å². The third kappa shape index (κ3) is 4.58. The lowest BCUT2D eigenvalue weighted by atomic mass is 10.1. The highest BCUT2D eigenvalue weighted by Gasteiger charge is 2.27. The minimum absolute atomic E-state index is 0.119. The van der Waals surface area contributed by atoms with E-state index in [-0.39, 0.29) is 16.9 Å². The number of imide groups is 2. The first-order valence-corrected chi connectivity index (χ1v) is 7.85. The van der Waals surface area contributed by atoms with Crippen LogP contribution in [0, 0.1) is 0 Å². The van der Waals surface area contributed by atoms with Gasteiger partial charge < -0.3 is 9.84 Å². The first kappa shape index (κ1) is 17.5. The number of carbonyl (C=O) groups excluding carboxylic acids is 3. The minimum Gasteiger partial charge on any atom is -0.507 e. The van der Waals surface area contributed by atoms with Crippen molar-refractivity contribution in [1.29, 1.82) is 0 Å². The maximum absolute atomic E-state index is 11.7. The second-order valence-corrected chi connectivity index (χ2v) is 5.43. The van der Waals surface area contributed by atoms with Crippen LogP contribution in [0.15, 0.2) is 23.8 Å². The van der Waals surface area contributed by atoms with Gasteiger partial charge in [-0.3, -0.25) is 20.2 Å². The zero-order chi connectivity index (χ0) is 17.5. The topological polar surface area (TPSA) is 105 Å². The highest BCUT2D eigenvalue weighted by Crippen LogP contribution is 2.26. The quantitative estimate of drug-likeness (QED) is 0.403. The SMILES string of the molecule is CCCCCCOc1ccc(C=C2C(=O)NC(=O)NC2=O)c(O)c1. The van der Waals surface area contributed by atoms with Crippen LogP contribution in [0.3, 0.4) is 0 Å². The summed E-state index contributed by atoms with van der Waals surface area (Å²) in [6.45, 7) is 2.70. The average molecular weight is 332 g/mol. The molecule has 0 aliphatic carbocycles. The predicted octanol–water partition coefficient (Wildman–Crippen LogP) is 2.10. The van der Waals surface area contributed by atoms with Gasteiger partial charge in [-0.25, -0.2) is 4.79 Å². The van der Waals surface area contributed by atoms with E-state index in [0.717, 1.165) is 25.7 Å². The van der Waals surface area contributed by atoms with Crippen LogP contribution in [0.2, 0.25) is 0 Å². The summed E-state index contributed by atoms with van der Waals surface area (Å²) in [7, 11) is 0. The molecule has 1 aromatic rings. The molecule has 0 radical (unpaired) electrons. The number of hydrogen-bond donors (Lipinski definition) is 3. The normalized spacial score (nSPS) is 14.2. The molecular weight excluding hydrogens is 312 g/mol. The molecule has 128 valence electrons. The average Bonchev–Trinajstić information content (AvgIpc) is 2.52. The van der Waals surface area contributed by atoms with Crippen molar-refractivity contribution >= 4 is 23.9 Å². The van der Waals surface area contributed by atoms with Crippen LogP contribution in [0.4, 0.5) is 4.79 Å². The molecule has 1 heterocycles. The van der Waals surface area contributed by atoms with Crippen LogP contribution in [0.1, 0.15) is 38.2 Å². The smallest absolute Gasteiger partial charge is 0.328 e. The molecule has 0 bridgehead atoms. The lowest BCUT2D eigenvalue weighted by molar-refractivity contribution is -0.123. The number of phenols is 1. The summed E-state index contributed by atoms with van der Waals surface area (Å²) in [6, 6.07) is 3.75. The molecule has 0 aromatic heterocycles. The monoisotopic (exact) mass is 332 g/mol. The molecule has 1 aliphatic rings. The van der Waals surface area contributed by atoms with E-state index in [2.05, 4.69) is 6.92 Å². The van der Waals surface area contributed by atoms with Crippen molar-refractivity contribution in [2.45, 2.75) is 32.6 Å². The molecule has 3 N–H and O–H groups in total. The molecule has 1 aliphatic heterocycles. The Morgan fingerprint density at radius 1 is 1.08 bits per heavy atom. The number of phenolic OH excluding ortho intramolecular Hbond substituents is 1. The van der Waals surface area contributed by atoms with Gasteiger partial charge in [0.2, 0.25) is 0 Å². The Labute approximate surface area is 139 Å². The second kappa shape index (κ2) is 8.14. The first-order valence-electron chi connectivity index (χ1n) is 7.85. The number of unbranched alkanes of at least 4 members (excludes halogenated alkanes) is 3. The number of nitrogens with one attached hydrogen (secondary N) is 2. The number of aromatic hydroxyl groups is 1. The fraction of sp³-hybridized carbons (Fsp3) is 0.353. The van der Waals surface area contributed by atoms with Gasteiger partial charge in [0.25, 0.3) is 11.8 Å². The summed E-state index contributed by atoms with van der Waals surface area (Å²) in [5, 5.41) is 14.0. The van der Waals surface area contributed by atoms with Gasteiger partial charge in [-0.2, -0.15) is 0 Å². The molecule has 2 rings (SSSR count). The zero-order valence-electron chi connectivity index (χ0n) is 13.4. The maximum Gasteiger partial charge on any atom is 0.328 e. The summed E-state index contributed by atoms with van der Waals surface area (Å²) in [4.78, 5) is 34.3. The van der Waals surface area contributed by atoms with Crippen LogP contribution >= 0.6 is 0 Å². The molecule has 7 heteroatoms. The summed E-state index contributed by atoms with van der Waals surface area (Å²) in [6.07, 6.45) is 5.56. The number of urea groups is 1. The van der Waals surface area contributed by atoms with Gasteiger partial charge in [0.1, 0.15) is 17.1 Å². The van der Waals surface area contributed by atoms with E-state index < -0.39 is 17.8 Å². The molecule has 24 heavy (non-hydrogen) atoms. The number of benzene rings is 1. The van der Waals surface area contributed by atoms with Crippen molar-refractivity contribution in [3.8, 4) is 11.5 Å². The molecule has 0 unspecified atom stereocenters. The Morgan fingerprint density at radius 3 is 2.42 bits per heavy atom. The third-order valence-electron chi connectivity index (χ3n) is 3.51. The summed E-state index contributed by atoms with van der Waals surface area (Å²) < 4.78 is 5.55. The molecular formula is C17H20N2O5. The molecule has 1 saturated heterocycles. The molecule has 0 saturated carbocycles.